The molecule has 118 valence electrons. The number of fused-ring (bicyclic) bond motifs is 1. The zero-order valence-corrected chi connectivity index (χ0v) is 12.9. The summed E-state index contributed by atoms with van der Waals surface area (Å²) in [4.78, 5) is 9.28. The molecular formula is C18H20N4O. The summed E-state index contributed by atoms with van der Waals surface area (Å²) in [6.07, 6.45) is 5.49. The van der Waals surface area contributed by atoms with Gasteiger partial charge in [-0.25, -0.2) is 9.97 Å². The van der Waals surface area contributed by atoms with Gasteiger partial charge in [-0.3, -0.25) is 0 Å². The molecule has 0 amide bonds. The first-order valence-electron chi connectivity index (χ1n) is 8.15. The van der Waals surface area contributed by atoms with Crippen LogP contribution in [0.5, 0.6) is 5.75 Å². The average molecular weight is 308 g/mol. The van der Waals surface area contributed by atoms with E-state index in [1.54, 1.807) is 18.3 Å². The minimum Gasteiger partial charge on any atom is -0.508 e. The molecule has 2 N–H and O–H groups in total. The number of hydrogen-bond donors (Lipinski definition) is 2. The van der Waals surface area contributed by atoms with Gasteiger partial charge in [-0.1, -0.05) is 18.6 Å². The Labute approximate surface area is 135 Å². The second-order valence-electron chi connectivity index (χ2n) is 6.09. The predicted octanol–water partition coefficient (Wildman–Crippen LogP) is 2.95. The summed E-state index contributed by atoms with van der Waals surface area (Å²) in [7, 11) is 0. The number of nitrogens with zero attached hydrogens (tertiary/aromatic N) is 3. The standard InChI is InChI=1S/C18H20N4O/c23-15-7-3-5-13(11-15)17-21-16-8-4-10-20-18(16)22(17)12-14-6-1-2-9-19-14/h3-5,7-8,10-11,14,19,23H,1-2,6,9,12H2. The maximum absolute atomic E-state index is 9.80. The van der Waals surface area contributed by atoms with Crippen LogP contribution in [0.1, 0.15) is 19.3 Å². The molecule has 4 rings (SSSR count). The highest BCUT2D eigenvalue weighted by Gasteiger charge is 2.19. The van der Waals surface area contributed by atoms with Crippen LogP contribution in [0.3, 0.4) is 0 Å². The van der Waals surface area contributed by atoms with E-state index in [9.17, 15) is 5.11 Å². The summed E-state index contributed by atoms with van der Waals surface area (Å²) in [6.45, 7) is 1.92. The van der Waals surface area contributed by atoms with Gasteiger partial charge in [0.25, 0.3) is 0 Å². The van der Waals surface area contributed by atoms with Gasteiger partial charge in [0.15, 0.2) is 5.65 Å². The van der Waals surface area contributed by atoms with E-state index in [0.717, 1.165) is 35.6 Å². The highest BCUT2D eigenvalue weighted by atomic mass is 16.3. The number of piperidine rings is 1. The highest BCUT2D eigenvalue weighted by molar-refractivity contribution is 5.77. The van der Waals surface area contributed by atoms with Gasteiger partial charge in [0, 0.05) is 24.3 Å². The number of phenols is 1. The molecular weight excluding hydrogens is 288 g/mol. The zero-order chi connectivity index (χ0) is 15.6. The Hall–Kier alpha value is -2.40. The third kappa shape index (κ3) is 2.80. The molecule has 0 radical (unpaired) electrons. The maximum atomic E-state index is 9.80. The summed E-state index contributed by atoms with van der Waals surface area (Å²) >= 11 is 0. The van der Waals surface area contributed by atoms with E-state index in [1.807, 2.05) is 24.3 Å². The highest BCUT2D eigenvalue weighted by Crippen LogP contribution is 2.27. The summed E-state index contributed by atoms with van der Waals surface area (Å²) in [6, 6.07) is 11.6. The first-order chi connectivity index (χ1) is 11.3. The summed E-state index contributed by atoms with van der Waals surface area (Å²) in [5.41, 5.74) is 2.71. The summed E-state index contributed by atoms with van der Waals surface area (Å²) in [5.74, 6) is 1.12. The van der Waals surface area contributed by atoms with Gasteiger partial charge in [-0.15, -0.1) is 0 Å². The third-order valence-electron chi connectivity index (χ3n) is 4.42. The molecule has 3 aromatic rings. The molecule has 1 unspecified atom stereocenters. The van der Waals surface area contributed by atoms with Crippen molar-refractivity contribution in [2.75, 3.05) is 6.54 Å². The maximum Gasteiger partial charge on any atom is 0.160 e. The monoisotopic (exact) mass is 308 g/mol. The molecule has 23 heavy (non-hydrogen) atoms. The molecule has 5 heteroatoms. The van der Waals surface area contributed by atoms with Crippen LogP contribution in [-0.4, -0.2) is 32.2 Å². The van der Waals surface area contributed by atoms with Gasteiger partial charge in [0.05, 0.1) is 0 Å². The van der Waals surface area contributed by atoms with Crippen LogP contribution >= 0.6 is 0 Å². The number of nitrogens with one attached hydrogen (secondary N) is 1. The Kier molecular flexibility index (Phi) is 3.71. The fourth-order valence-corrected chi connectivity index (χ4v) is 3.30. The number of hydrogen-bond acceptors (Lipinski definition) is 4. The number of benzene rings is 1. The lowest BCUT2D eigenvalue weighted by atomic mass is 10.0. The third-order valence-corrected chi connectivity index (χ3v) is 4.42. The zero-order valence-electron chi connectivity index (χ0n) is 12.9. The van der Waals surface area contributed by atoms with Crippen molar-refractivity contribution in [3.8, 4) is 17.1 Å². The Morgan fingerprint density at radius 2 is 2.17 bits per heavy atom. The van der Waals surface area contributed by atoms with Crippen molar-refractivity contribution >= 4 is 11.2 Å². The smallest absolute Gasteiger partial charge is 0.160 e. The SMILES string of the molecule is Oc1cccc(-c2nc3cccnc3n2CC2CCCCN2)c1. The molecule has 0 bridgehead atoms. The van der Waals surface area contributed by atoms with Gasteiger partial charge in [0.1, 0.15) is 17.1 Å². The van der Waals surface area contributed by atoms with E-state index in [0.29, 0.717) is 6.04 Å². The lowest BCUT2D eigenvalue weighted by Crippen LogP contribution is -2.37. The molecule has 0 saturated carbocycles. The van der Waals surface area contributed by atoms with E-state index in [1.165, 1.54) is 19.3 Å². The van der Waals surface area contributed by atoms with Crippen molar-refractivity contribution in [3.63, 3.8) is 0 Å². The number of aromatic nitrogens is 3. The van der Waals surface area contributed by atoms with Crippen molar-refractivity contribution in [2.24, 2.45) is 0 Å². The van der Waals surface area contributed by atoms with Crippen LogP contribution in [-0.2, 0) is 6.54 Å². The summed E-state index contributed by atoms with van der Waals surface area (Å²) < 4.78 is 2.17. The Morgan fingerprint density at radius 3 is 3.00 bits per heavy atom. The molecule has 2 aromatic heterocycles. The van der Waals surface area contributed by atoms with Gasteiger partial charge >= 0.3 is 0 Å². The predicted molar refractivity (Wildman–Crippen MR) is 90.3 cm³/mol. The van der Waals surface area contributed by atoms with E-state index in [-0.39, 0.29) is 5.75 Å². The van der Waals surface area contributed by atoms with Crippen molar-refractivity contribution in [2.45, 2.75) is 31.8 Å². The van der Waals surface area contributed by atoms with Crippen LogP contribution < -0.4 is 5.32 Å². The number of imidazole rings is 1. The minimum absolute atomic E-state index is 0.254. The molecule has 1 aliphatic rings. The van der Waals surface area contributed by atoms with Crippen LogP contribution in [0.15, 0.2) is 42.6 Å². The lowest BCUT2D eigenvalue weighted by molar-refractivity contribution is 0.366. The Balaban J connectivity index is 1.80. The number of pyridine rings is 1. The average Bonchev–Trinajstić information content (AvgIpc) is 2.95. The van der Waals surface area contributed by atoms with Crippen molar-refractivity contribution in [1.82, 2.24) is 19.9 Å². The first kappa shape index (κ1) is 14.2. The first-order valence-corrected chi connectivity index (χ1v) is 8.15. The number of rotatable bonds is 3. The molecule has 0 spiro atoms. The van der Waals surface area contributed by atoms with Gasteiger partial charge < -0.3 is 15.0 Å². The molecule has 1 saturated heterocycles. The lowest BCUT2D eigenvalue weighted by Gasteiger charge is -2.24. The van der Waals surface area contributed by atoms with Gasteiger partial charge in [-0.05, 0) is 43.7 Å². The normalized spacial score (nSPS) is 18.3. The van der Waals surface area contributed by atoms with E-state index < -0.39 is 0 Å². The minimum atomic E-state index is 0.254. The molecule has 1 aromatic carbocycles. The van der Waals surface area contributed by atoms with Crippen LogP contribution in [0.2, 0.25) is 0 Å². The van der Waals surface area contributed by atoms with E-state index in [2.05, 4.69) is 14.9 Å². The topological polar surface area (TPSA) is 63.0 Å². The second kappa shape index (κ2) is 6.01. The molecule has 5 nitrogen and oxygen atoms in total. The molecule has 0 aliphatic carbocycles. The molecule has 3 heterocycles. The number of phenolic OH excluding ortho intramolecular Hbond substituents is 1. The van der Waals surface area contributed by atoms with Crippen LogP contribution in [0.25, 0.3) is 22.6 Å². The van der Waals surface area contributed by atoms with E-state index in [4.69, 9.17) is 4.98 Å². The summed E-state index contributed by atoms with van der Waals surface area (Å²) in [5, 5.41) is 13.4. The molecule has 1 fully saturated rings. The van der Waals surface area contributed by atoms with Gasteiger partial charge in [-0.2, -0.15) is 0 Å². The van der Waals surface area contributed by atoms with Crippen LogP contribution in [0, 0.1) is 0 Å². The van der Waals surface area contributed by atoms with E-state index >= 15 is 0 Å². The Bertz CT molecular complexity index is 821. The largest absolute Gasteiger partial charge is 0.508 e. The number of aromatic hydroxyl groups is 1. The molecule has 1 aliphatic heterocycles. The molecule has 1 atom stereocenters. The van der Waals surface area contributed by atoms with Crippen molar-refractivity contribution < 1.29 is 5.11 Å². The van der Waals surface area contributed by atoms with Crippen molar-refractivity contribution in [1.29, 1.82) is 0 Å². The fraction of sp³-hybridized carbons (Fsp3) is 0.333. The van der Waals surface area contributed by atoms with Gasteiger partial charge in [0.2, 0.25) is 0 Å². The van der Waals surface area contributed by atoms with Crippen LogP contribution in [0.4, 0.5) is 0 Å². The fourth-order valence-electron chi connectivity index (χ4n) is 3.30. The Morgan fingerprint density at radius 1 is 1.22 bits per heavy atom. The van der Waals surface area contributed by atoms with Crippen molar-refractivity contribution in [3.05, 3.63) is 42.6 Å². The second-order valence-corrected chi connectivity index (χ2v) is 6.09. The quantitative estimate of drug-likeness (QED) is 0.781.